The fourth-order valence-electron chi connectivity index (χ4n) is 4.33. The molecule has 33 heavy (non-hydrogen) atoms. The Morgan fingerprint density at radius 3 is 2.39 bits per heavy atom. The highest BCUT2D eigenvalue weighted by Gasteiger charge is 2.51. The number of carbonyl (C=O) groups excluding carboxylic acids is 1. The number of unbranched alkanes of at least 4 members (excludes halogenated alkanes) is 8. The molecule has 2 aliphatic heterocycles. The molecule has 0 radical (unpaired) electrons. The average Bonchev–Trinajstić information content (AvgIpc) is 2.77. The van der Waals surface area contributed by atoms with Gasteiger partial charge in [-0.3, -0.25) is 4.79 Å². The number of rotatable bonds is 15. The van der Waals surface area contributed by atoms with Crippen molar-refractivity contribution in [3.8, 4) is 0 Å². The van der Waals surface area contributed by atoms with Gasteiger partial charge in [-0.2, -0.15) is 0 Å². The van der Waals surface area contributed by atoms with Gasteiger partial charge in [-0.1, -0.05) is 64.7 Å². The minimum Gasteiger partial charge on any atom is -0.393 e. The molecule has 0 saturated carbocycles. The Bertz CT molecular complexity index is 561. The Morgan fingerprint density at radius 2 is 1.76 bits per heavy atom. The lowest BCUT2D eigenvalue weighted by atomic mass is 9.96. The molecule has 0 unspecified atom stereocenters. The molecule has 2 aliphatic rings. The predicted molar refractivity (Wildman–Crippen MR) is 122 cm³/mol. The van der Waals surface area contributed by atoms with Crippen molar-refractivity contribution in [1.29, 1.82) is 0 Å². The summed E-state index contributed by atoms with van der Waals surface area (Å²) in [5, 5.41) is 21.0. The molecule has 0 aromatic heterocycles. The van der Waals surface area contributed by atoms with Crippen molar-refractivity contribution in [1.82, 2.24) is 5.48 Å². The number of ether oxygens (including phenoxy) is 4. The Morgan fingerprint density at radius 1 is 1.12 bits per heavy atom. The van der Waals surface area contributed by atoms with Crippen LogP contribution in [0.25, 0.3) is 0 Å². The van der Waals surface area contributed by atoms with Gasteiger partial charge < -0.3 is 34.0 Å². The maximum Gasteiger partial charge on any atom is 0.327 e. The Balaban J connectivity index is 1.65. The minimum atomic E-state index is -1.04. The zero-order valence-corrected chi connectivity index (χ0v) is 20.8. The van der Waals surface area contributed by atoms with Crippen molar-refractivity contribution in [3.63, 3.8) is 0 Å². The van der Waals surface area contributed by atoms with E-state index in [1.54, 1.807) is 13.8 Å². The fraction of sp³-hybridized carbons (Fsp3) is 0.958. The normalized spacial score (nSPS) is 29.9. The molecule has 2 saturated heterocycles. The van der Waals surface area contributed by atoms with E-state index in [1.165, 1.54) is 45.6 Å². The molecule has 0 aliphatic carbocycles. The molecule has 2 heterocycles. The highest BCUT2D eigenvalue weighted by atomic mass is 16.8. The molecular weight excluding hydrogens is 430 g/mol. The minimum absolute atomic E-state index is 0.116. The first-order valence-electron chi connectivity index (χ1n) is 12.6. The van der Waals surface area contributed by atoms with Crippen LogP contribution in [0.1, 0.15) is 91.4 Å². The Kier molecular flexibility index (Phi) is 12.5. The summed E-state index contributed by atoms with van der Waals surface area (Å²) >= 11 is 0. The van der Waals surface area contributed by atoms with Crippen LogP contribution < -0.4 is 5.48 Å². The third-order valence-corrected chi connectivity index (χ3v) is 6.27. The van der Waals surface area contributed by atoms with Crippen LogP contribution in [0.4, 0.5) is 0 Å². The number of methoxy groups -OCH3 is 1. The molecule has 0 amide bonds. The van der Waals surface area contributed by atoms with E-state index < -0.39 is 48.5 Å². The predicted octanol–water partition coefficient (Wildman–Crippen LogP) is 2.96. The van der Waals surface area contributed by atoms with E-state index in [9.17, 15) is 15.0 Å². The van der Waals surface area contributed by atoms with E-state index >= 15 is 0 Å². The van der Waals surface area contributed by atoms with Crippen LogP contribution in [0.3, 0.4) is 0 Å². The number of fused-ring (bicyclic) bond motifs is 1. The number of hydroxylamine groups is 1. The van der Waals surface area contributed by atoms with Crippen LogP contribution in [0.15, 0.2) is 0 Å². The summed E-state index contributed by atoms with van der Waals surface area (Å²) in [5.41, 5.74) is 2.56. The molecule has 2 rings (SSSR count). The first-order valence-corrected chi connectivity index (χ1v) is 12.6. The van der Waals surface area contributed by atoms with Gasteiger partial charge in [-0.15, -0.1) is 5.48 Å². The van der Waals surface area contributed by atoms with Gasteiger partial charge in [-0.25, -0.2) is 0 Å². The highest BCUT2D eigenvalue weighted by Crippen LogP contribution is 2.32. The number of hydrogen-bond donors (Lipinski definition) is 3. The van der Waals surface area contributed by atoms with E-state index in [1.807, 2.05) is 0 Å². The molecule has 0 spiro atoms. The second-order valence-corrected chi connectivity index (χ2v) is 9.66. The molecule has 0 bridgehead atoms. The quantitative estimate of drug-likeness (QED) is 0.243. The van der Waals surface area contributed by atoms with E-state index in [0.29, 0.717) is 6.42 Å². The van der Waals surface area contributed by atoms with Crippen LogP contribution in [-0.2, 0) is 28.6 Å². The third-order valence-electron chi connectivity index (χ3n) is 6.27. The van der Waals surface area contributed by atoms with Crippen LogP contribution >= 0.6 is 0 Å². The van der Waals surface area contributed by atoms with E-state index in [0.717, 1.165) is 19.3 Å². The first-order chi connectivity index (χ1) is 15.8. The fourth-order valence-corrected chi connectivity index (χ4v) is 4.33. The van der Waals surface area contributed by atoms with Gasteiger partial charge in [0.1, 0.15) is 24.4 Å². The van der Waals surface area contributed by atoms with E-state index in [-0.39, 0.29) is 13.0 Å². The Labute approximate surface area is 198 Å². The number of hydrogen-bond acceptors (Lipinski definition) is 9. The lowest BCUT2D eigenvalue weighted by Gasteiger charge is -2.49. The summed E-state index contributed by atoms with van der Waals surface area (Å²) in [5.74, 6) is -1.46. The monoisotopic (exact) mass is 475 g/mol. The lowest BCUT2D eigenvalue weighted by molar-refractivity contribution is -0.371. The smallest absolute Gasteiger partial charge is 0.327 e. The molecule has 9 nitrogen and oxygen atoms in total. The van der Waals surface area contributed by atoms with Gasteiger partial charge >= 0.3 is 5.97 Å². The van der Waals surface area contributed by atoms with Crippen LogP contribution in [0, 0.1) is 0 Å². The summed E-state index contributed by atoms with van der Waals surface area (Å²) in [6, 6.07) is -0.844. The SMILES string of the molecule is CCCCCCCCCCC[C@@H](O)CC(=O)ON[C@H]1[C@H](OC)O[C@@H]2COC(C)(C)O[C@H]2[C@@H]1O. The molecule has 2 fully saturated rings. The van der Waals surface area contributed by atoms with Gasteiger partial charge in [0.25, 0.3) is 0 Å². The summed E-state index contributed by atoms with van der Waals surface area (Å²) in [7, 11) is 1.44. The van der Waals surface area contributed by atoms with Gasteiger partial charge in [0, 0.05) is 7.11 Å². The zero-order chi connectivity index (χ0) is 24.3. The third kappa shape index (κ3) is 9.76. The second-order valence-electron chi connectivity index (χ2n) is 9.66. The van der Waals surface area contributed by atoms with Crippen molar-refractivity contribution >= 4 is 5.97 Å². The number of aliphatic hydroxyl groups excluding tert-OH is 2. The maximum atomic E-state index is 12.2. The van der Waals surface area contributed by atoms with Crippen molar-refractivity contribution in [2.45, 2.75) is 134 Å². The first kappa shape index (κ1) is 28.4. The lowest BCUT2D eigenvalue weighted by Crippen LogP contribution is -2.67. The van der Waals surface area contributed by atoms with Crippen molar-refractivity contribution in [2.24, 2.45) is 0 Å². The maximum absolute atomic E-state index is 12.2. The molecule has 194 valence electrons. The van der Waals surface area contributed by atoms with E-state index in [2.05, 4.69) is 12.4 Å². The van der Waals surface area contributed by atoms with Crippen molar-refractivity contribution < 1.29 is 38.8 Å². The second kappa shape index (κ2) is 14.6. The molecule has 3 N–H and O–H groups in total. The molecule has 0 aromatic rings. The van der Waals surface area contributed by atoms with E-state index in [4.69, 9.17) is 23.8 Å². The molecule has 6 atom stereocenters. The highest BCUT2D eigenvalue weighted by molar-refractivity contribution is 5.69. The standard InChI is InChI=1S/C24H45NO8/c1-5-6-7-8-9-10-11-12-13-14-17(26)15-19(27)33-25-20-21(28)22-18(31-23(20)29-4)16-30-24(2,3)32-22/h17-18,20-23,25-26,28H,5-16H2,1-4H3/t17-,18-,20-,21-,22-,23-/m1/s1. The Hall–Kier alpha value is -0.810. The topological polar surface area (TPSA) is 116 Å². The van der Waals surface area contributed by atoms with Gasteiger partial charge in [0.15, 0.2) is 12.1 Å². The van der Waals surface area contributed by atoms with Gasteiger partial charge in [-0.05, 0) is 20.3 Å². The van der Waals surface area contributed by atoms with Crippen LogP contribution in [-0.4, -0.2) is 72.4 Å². The zero-order valence-electron chi connectivity index (χ0n) is 20.8. The van der Waals surface area contributed by atoms with Crippen LogP contribution in [0.2, 0.25) is 0 Å². The van der Waals surface area contributed by atoms with Crippen LogP contribution in [0.5, 0.6) is 0 Å². The largest absolute Gasteiger partial charge is 0.393 e. The molecular formula is C24H45NO8. The van der Waals surface area contributed by atoms with Crippen molar-refractivity contribution in [2.75, 3.05) is 13.7 Å². The number of carbonyl (C=O) groups is 1. The molecule has 9 heteroatoms. The van der Waals surface area contributed by atoms with Gasteiger partial charge in [0.2, 0.25) is 0 Å². The van der Waals surface area contributed by atoms with Crippen molar-refractivity contribution in [3.05, 3.63) is 0 Å². The summed E-state index contributed by atoms with van der Waals surface area (Å²) in [4.78, 5) is 17.3. The summed E-state index contributed by atoms with van der Waals surface area (Å²) < 4.78 is 22.5. The number of aliphatic hydroxyl groups is 2. The summed E-state index contributed by atoms with van der Waals surface area (Å²) in [6.45, 7) is 6.00. The average molecular weight is 476 g/mol. The number of nitrogens with one attached hydrogen (secondary N) is 1. The summed E-state index contributed by atoms with van der Waals surface area (Å²) in [6.07, 6.45) is 7.46. The molecule has 0 aromatic carbocycles. The van der Waals surface area contributed by atoms with Gasteiger partial charge in [0.05, 0.1) is 19.1 Å².